The summed E-state index contributed by atoms with van der Waals surface area (Å²) in [7, 11) is -2.84. The predicted molar refractivity (Wildman–Crippen MR) is 80.5 cm³/mol. The zero-order chi connectivity index (χ0) is 14.6. The van der Waals surface area contributed by atoms with Gasteiger partial charge >= 0.3 is 0 Å². The first kappa shape index (κ1) is 15.5. The lowest BCUT2D eigenvalue weighted by Crippen LogP contribution is -2.43. The van der Waals surface area contributed by atoms with Crippen LogP contribution >= 0.6 is 0 Å². The molecule has 6 heteroatoms. The largest absolute Gasteiger partial charge is 0.299 e. The van der Waals surface area contributed by atoms with Gasteiger partial charge in [0.15, 0.2) is 0 Å². The number of likely N-dealkylation sites (tertiary alicyclic amines) is 1. The summed E-state index contributed by atoms with van der Waals surface area (Å²) in [4.78, 5) is 2.44. The van der Waals surface area contributed by atoms with E-state index in [2.05, 4.69) is 16.2 Å². The van der Waals surface area contributed by atoms with E-state index >= 15 is 0 Å². The van der Waals surface area contributed by atoms with Crippen LogP contribution in [0.1, 0.15) is 31.2 Å². The summed E-state index contributed by atoms with van der Waals surface area (Å²) in [6.45, 7) is 4.91. The van der Waals surface area contributed by atoms with Crippen molar-refractivity contribution in [1.82, 2.24) is 14.7 Å². The van der Waals surface area contributed by atoms with Crippen molar-refractivity contribution in [2.45, 2.75) is 45.2 Å². The highest BCUT2D eigenvalue weighted by Gasteiger charge is 2.22. The van der Waals surface area contributed by atoms with Crippen LogP contribution in [0.2, 0.25) is 0 Å². The number of sulfone groups is 1. The van der Waals surface area contributed by atoms with Gasteiger partial charge in [0.1, 0.15) is 9.84 Å². The first-order chi connectivity index (χ1) is 9.44. The molecule has 114 valence electrons. The van der Waals surface area contributed by atoms with Crippen LogP contribution in [0.15, 0.2) is 12.4 Å². The van der Waals surface area contributed by atoms with Crippen molar-refractivity contribution in [3.8, 4) is 0 Å². The number of nitrogens with zero attached hydrogens (tertiary/aromatic N) is 3. The fraction of sp³-hybridized carbons (Fsp3) is 0.786. The first-order valence-corrected chi connectivity index (χ1v) is 9.41. The molecular formula is C14H25N3O2S. The van der Waals surface area contributed by atoms with Gasteiger partial charge in [-0.15, -0.1) is 0 Å². The molecule has 0 amide bonds. The van der Waals surface area contributed by atoms with E-state index < -0.39 is 9.84 Å². The number of piperidine rings is 1. The SMILES string of the molecule is Cc1cnn(C[C@@H]2CCCCN2CCCS(C)(=O)=O)c1. The van der Waals surface area contributed by atoms with Crippen LogP contribution < -0.4 is 0 Å². The van der Waals surface area contributed by atoms with E-state index in [1.54, 1.807) is 0 Å². The maximum absolute atomic E-state index is 11.2. The van der Waals surface area contributed by atoms with Gasteiger partial charge in [0, 0.05) is 18.5 Å². The van der Waals surface area contributed by atoms with E-state index in [0.717, 1.165) is 26.1 Å². The molecule has 2 rings (SSSR count). The van der Waals surface area contributed by atoms with E-state index in [1.165, 1.54) is 31.1 Å². The van der Waals surface area contributed by atoms with E-state index in [-0.39, 0.29) is 5.75 Å². The zero-order valence-electron chi connectivity index (χ0n) is 12.5. The molecule has 0 spiro atoms. The molecule has 0 aromatic carbocycles. The standard InChI is InChI=1S/C14H25N3O2S/c1-13-10-15-17(11-13)12-14-6-3-4-7-16(14)8-5-9-20(2,18)19/h10-11,14H,3-9,12H2,1-2H3/t14-/m0/s1. The van der Waals surface area contributed by atoms with Gasteiger partial charge in [-0.05, 0) is 44.8 Å². The topological polar surface area (TPSA) is 55.2 Å². The highest BCUT2D eigenvalue weighted by atomic mass is 32.2. The number of rotatable bonds is 6. The Morgan fingerprint density at radius 2 is 2.20 bits per heavy atom. The number of aromatic nitrogens is 2. The van der Waals surface area contributed by atoms with Crippen LogP contribution in [-0.4, -0.2) is 54.2 Å². The highest BCUT2D eigenvalue weighted by molar-refractivity contribution is 7.90. The predicted octanol–water partition coefficient (Wildman–Crippen LogP) is 1.48. The molecule has 0 unspecified atom stereocenters. The second-order valence-electron chi connectivity index (χ2n) is 5.91. The second kappa shape index (κ2) is 6.72. The molecule has 20 heavy (non-hydrogen) atoms. The summed E-state index contributed by atoms with van der Waals surface area (Å²) in [5.41, 5.74) is 1.18. The molecular weight excluding hydrogens is 274 g/mol. The van der Waals surface area contributed by atoms with Crippen LogP contribution in [0.4, 0.5) is 0 Å². The Bertz CT molecular complexity index is 524. The van der Waals surface area contributed by atoms with Crippen molar-refractivity contribution in [1.29, 1.82) is 0 Å². The van der Waals surface area contributed by atoms with Crippen molar-refractivity contribution in [3.05, 3.63) is 18.0 Å². The van der Waals surface area contributed by atoms with Gasteiger partial charge in [-0.2, -0.15) is 5.10 Å². The van der Waals surface area contributed by atoms with E-state index in [4.69, 9.17) is 0 Å². The Kier molecular flexibility index (Phi) is 5.21. The summed E-state index contributed by atoms with van der Waals surface area (Å²) < 4.78 is 24.4. The Hall–Kier alpha value is -0.880. The lowest BCUT2D eigenvalue weighted by Gasteiger charge is -2.35. The Morgan fingerprint density at radius 1 is 1.40 bits per heavy atom. The summed E-state index contributed by atoms with van der Waals surface area (Å²) in [6, 6.07) is 0.489. The molecule has 0 bridgehead atoms. The third-order valence-electron chi connectivity index (χ3n) is 3.87. The fourth-order valence-corrected chi connectivity index (χ4v) is 3.53. The molecule has 1 aliphatic rings. The molecule has 0 N–H and O–H groups in total. The smallest absolute Gasteiger partial charge is 0.147 e. The van der Waals surface area contributed by atoms with Gasteiger partial charge in [-0.25, -0.2) is 8.42 Å². The maximum Gasteiger partial charge on any atom is 0.147 e. The summed E-state index contributed by atoms with van der Waals surface area (Å²) >= 11 is 0. The lowest BCUT2D eigenvalue weighted by molar-refractivity contribution is 0.130. The monoisotopic (exact) mass is 299 g/mol. The zero-order valence-corrected chi connectivity index (χ0v) is 13.3. The van der Waals surface area contributed by atoms with Crippen LogP contribution in [0.5, 0.6) is 0 Å². The Labute approximate surface area is 121 Å². The number of aryl methyl sites for hydroxylation is 1. The summed E-state index contributed by atoms with van der Waals surface area (Å²) in [6.07, 6.45) is 9.65. The van der Waals surface area contributed by atoms with Crippen molar-refractivity contribution in [2.75, 3.05) is 25.1 Å². The van der Waals surface area contributed by atoms with Crippen molar-refractivity contribution in [2.24, 2.45) is 0 Å². The minimum atomic E-state index is -2.84. The molecule has 1 aliphatic heterocycles. The lowest BCUT2D eigenvalue weighted by atomic mass is 10.0. The quantitative estimate of drug-likeness (QED) is 0.798. The van der Waals surface area contributed by atoms with Crippen LogP contribution in [0.3, 0.4) is 0 Å². The molecule has 0 radical (unpaired) electrons. The van der Waals surface area contributed by atoms with E-state index in [1.807, 2.05) is 17.8 Å². The molecule has 1 aromatic rings. The van der Waals surface area contributed by atoms with Gasteiger partial charge in [0.05, 0.1) is 18.5 Å². The average molecular weight is 299 g/mol. The van der Waals surface area contributed by atoms with Gasteiger partial charge in [0.2, 0.25) is 0 Å². The van der Waals surface area contributed by atoms with Crippen LogP contribution in [0.25, 0.3) is 0 Å². The minimum Gasteiger partial charge on any atom is -0.299 e. The highest BCUT2D eigenvalue weighted by Crippen LogP contribution is 2.19. The van der Waals surface area contributed by atoms with Gasteiger partial charge in [0.25, 0.3) is 0 Å². The Morgan fingerprint density at radius 3 is 2.85 bits per heavy atom. The third-order valence-corrected chi connectivity index (χ3v) is 4.90. The number of hydrogen-bond acceptors (Lipinski definition) is 4. The molecule has 5 nitrogen and oxygen atoms in total. The van der Waals surface area contributed by atoms with E-state index in [9.17, 15) is 8.42 Å². The van der Waals surface area contributed by atoms with Gasteiger partial charge < -0.3 is 0 Å². The van der Waals surface area contributed by atoms with Gasteiger partial charge in [-0.3, -0.25) is 9.58 Å². The number of hydrogen-bond donors (Lipinski definition) is 0. The molecule has 1 atom stereocenters. The van der Waals surface area contributed by atoms with Gasteiger partial charge in [-0.1, -0.05) is 6.42 Å². The minimum absolute atomic E-state index is 0.289. The molecule has 1 saturated heterocycles. The molecule has 2 heterocycles. The average Bonchev–Trinajstić information content (AvgIpc) is 2.75. The normalized spacial score (nSPS) is 21.2. The maximum atomic E-state index is 11.2. The van der Waals surface area contributed by atoms with Crippen LogP contribution in [-0.2, 0) is 16.4 Å². The molecule has 0 saturated carbocycles. The van der Waals surface area contributed by atoms with E-state index in [0.29, 0.717) is 6.04 Å². The summed E-state index contributed by atoms with van der Waals surface area (Å²) in [5.74, 6) is 0.289. The van der Waals surface area contributed by atoms with Crippen molar-refractivity contribution < 1.29 is 8.42 Å². The van der Waals surface area contributed by atoms with Crippen LogP contribution in [0, 0.1) is 6.92 Å². The fourth-order valence-electron chi connectivity index (χ4n) is 2.87. The summed E-state index contributed by atoms with van der Waals surface area (Å²) in [5, 5.41) is 4.36. The van der Waals surface area contributed by atoms with Crippen molar-refractivity contribution >= 4 is 9.84 Å². The second-order valence-corrected chi connectivity index (χ2v) is 8.17. The first-order valence-electron chi connectivity index (χ1n) is 7.35. The molecule has 1 aromatic heterocycles. The molecule has 1 fully saturated rings. The molecule has 0 aliphatic carbocycles. The Balaban J connectivity index is 1.88. The van der Waals surface area contributed by atoms with Crippen molar-refractivity contribution in [3.63, 3.8) is 0 Å². The third kappa shape index (κ3) is 4.90.